The third-order valence-corrected chi connectivity index (χ3v) is 5.18. The molecule has 4 rings (SSSR count). The van der Waals surface area contributed by atoms with Crippen molar-refractivity contribution in [2.75, 3.05) is 0 Å². The highest BCUT2D eigenvalue weighted by molar-refractivity contribution is 7.13. The Morgan fingerprint density at radius 2 is 2.00 bits per heavy atom. The first-order valence-electron chi connectivity index (χ1n) is 7.98. The first kappa shape index (κ1) is 17.5. The lowest BCUT2D eigenvalue weighted by atomic mass is 10.2. The summed E-state index contributed by atoms with van der Waals surface area (Å²) in [5.74, 6) is -0.328. The zero-order valence-corrected chi connectivity index (χ0v) is 15.6. The lowest BCUT2D eigenvalue weighted by Gasteiger charge is -2.07. The van der Waals surface area contributed by atoms with Crippen molar-refractivity contribution < 1.29 is 13.9 Å². The average molecular weight is 398 g/mol. The van der Waals surface area contributed by atoms with E-state index in [1.165, 1.54) is 17.4 Å². The van der Waals surface area contributed by atoms with E-state index in [4.69, 9.17) is 20.8 Å². The molecule has 0 atom stereocenters. The average Bonchev–Trinajstić information content (AvgIpc) is 3.07. The number of carbonyl (C=O) groups excluding carboxylic acids is 1. The number of benzene rings is 2. The quantitative estimate of drug-likeness (QED) is 0.273. The van der Waals surface area contributed by atoms with E-state index in [2.05, 4.69) is 4.98 Å². The topological polar surface area (TPSA) is 69.4 Å². The van der Waals surface area contributed by atoms with Crippen molar-refractivity contribution in [3.63, 3.8) is 0 Å². The Morgan fingerprint density at radius 1 is 1.19 bits per heavy atom. The number of halogens is 1. The molecule has 0 spiro atoms. The summed E-state index contributed by atoms with van der Waals surface area (Å²) in [7, 11) is 0. The maximum absolute atomic E-state index is 12.3. The van der Waals surface area contributed by atoms with Crippen molar-refractivity contribution in [3.05, 3.63) is 80.6 Å². The fourth-order valence-corrected chi connectivity index (χ4v) is 3.58. The van der Waals surface area contributed by atoms with Crippen LogP contribution in [0.1, 0.15) is 16.1 Å². The fraction of sp³-hybridized carbons (Fsp3) is 0.0500. The van der Waals surface area contributed by atoms with Crippen LogP contribution in [0.4, 0.5) is 0 Å². The maximum Gasteiger partial charge on any atom is 0.346 e. The number of fused-ring (bicyclic) bond motifs is 1. The predicted molar refractivity (Wildman–Crippen MR) is 105 cm³/mol. The molecular formula is C20H12ClNO4S. The van der Waals surface area contributed by atoms with Gasteiger partial charge in [-0.2, -0.15) is 0 Å². The summed E-state index contributed by atoms with van der Waals surface area (Å²) in [5.41, 5.74) is 1.33. The van der Waals surface area contributed by atoms with Crippen LogP contribution in [0, 0.1) is 6.92 Å². The standard InChI is InChI=1S/C20H12ClNO4S/c1-11-10-27-18(22-11)15-8-12-6-7-13(9-17(12)26-20(15)24)25-19(23)14-4-2-3-5-16(14)21/h2-10H,1H3. The van der Waals surface area contributed by atoms with E-state index in [0.717, 1.165) is 5.69 Å². The van der Waals surface area contributed by atoms with E-state index in [0.29, 0.717) is 26.6 Å². The minimum absolute atomic E-state index is 0.258. The third-order valence-electron chi connectivity index (χ3n) is 3.86. The minimum atomic E-state index is -0.586. The molecule has 0 aliphatic carbocycles. The molecule has 7 heteroatoms. The number of esters is 1. The van der Waals surface area contributed by atoms with Crippen LogP contribution in [0.25, 0.3) is 21.5 Å². The smallest absolute Gasteiger partial charge is 0.346 e. The van der Waals surface area contributed by atoms with E-state index in [1.54, 1.807) is 42.5 Å². The van der Waals surface area contributed by atoms with E-state index in [-0.39, 0.29) is 11.3 Å². The van der Waals surface area contributed by atoms with Crippen LogP contribution in [-0.2, 0) is 0 Å². The van der Waals surface area contributed by atoms with Crippen LogP contribution in [0.5, 0.6) is 5.75 Å². The second-order valence-corrected chi connectivity index (χ2v) is 7.08. The molecule has 0 bridgehead atoms. The summed E-state index contributed by atoms with van der Waals surface area (Å²) in [5, 5.41) is 3.49. The molecular weight excluding hydrogens is 386 g/mol. The lowest BCUT2D eigenvalue weighted by molar-refractivity contribution is 0.0735. The van der Waals surface area contributed by atoms with Gasteiger partial charge >= 0.3 is 11.6 Å². The second-order valence-electron chi connectivity index (χ2n) is 5.81. The molecule has 0 saturated carbocycles. The zero-order chi connectivity index (χ0) is 19.0. The Labute approximate surface area is 162 Å². The number of aromatic nitrogens is 1. The van der Waals surface area contributed by atoms with Gasteiger partial charge < -0.3 is 9.15 Å². The largest absolute Gasteiger partial charge is 0.423 e. The highest BCUT2D eigenvalue weighted by atomic mass is 35.5. The Balaban J connectivity index is 1.68. The van der Waals surface area contributed by atoms with Crippen LogP contribution in [0.15, 0.2) is 63.1 Å². The van der Waals surface area contributed by atoms with Crippen LogP contribution < -0.4 is 10.4 Å². The van der Waals surface area contributed by atoms with Crippen molar-refractivity contribution in [2.24, 2.45) is 0 Å². The molecule has 2 aromatic heterocycles. The SMILES string of the molecule is Cc1csc(-c2cc3ccc(OC(=O)c4ccccc4Cl)cc3oc2=O)n1. The third kappa shape index (κ3) is 3.49. The van der Waals surface area contributed by atoms with Crippen LogP contribution >= 0.6 is 22.9 Å². The van der Waals surface area contributed by atoms with Crippen LogP contribution in [0.3, 0.4) is 0 Å². The minimum Gasteiger partial charge on any atom is -0.423 e. The molecule has 0 saturated heterocycles. The molecule has 27 heavy (non-hydrogen) atoms. The van der Waals surface area contributed by atoms with Gasteiger partial charge in [-0.05, 0) is 37.3 Å². The zero-order valence-electron chi connectivity index (χ0n) is 14.1. The number of thiazole rings is 1. The van der Waals surface area contributed by atoms with Crippen molar-refractivity contribution in [2.45, 2.75) is 6.92 Å². The summed E-state index contributed by atoms with van der Waals surface area (Å²) in [6, 6.07) is 13.2. The van der Waals surface area contributed by atoms with Gasteiger partial charge in [0.05, 0.1) is 16.1 Å². The van der Waals surface area contributed by atoms with Gasteiger partial charge in [0.25, 0.3) is 0 Å². The van der Waals surface area contributed by atoms with E-state index in [9.17, 15) is 9.59 Å². The summed E-state index contributed by atoms with van der Waals surface area (Å²) >= 11 is 7.40. The highest BCUT2D eigenvalue weighted by Crippen LogP contribution is 2.27. The maximum atomic E-state index is 12.3. The van der Waals surface area contributed by atoms with Crippen LogP contribution in [0.2, 0.25) is 5.02 Å². The monoisotopic (exact) mass is 397 g/mol. The number of hydrogen-bond donors (Lipinski definition) is 0. The second kappa shape index (κ2) is 6.98. The molecule has 4 aromatic rings. The molecule has 0 aliphatic heterocycles. The number of carbonyl (C=O) groups is 1. The van der Waals surface area contributed by atoms with Crippen molar-refractivity contribution >= 4 is 39.9 Å². The van der Waals surface area contributed by atoms with Gasteiger partial charge in [0.2, 0.25) is 0 Å². The van der Waals surface area contributed by atoms with Gasteiger partial charge in [0, 0.05) is 22.5 Å². The Kier molecular flexibility index (Phi) is 4.51. The molecule has 0 fully saturated rings. The highest BCUT2D eigenvalue weighted by Gasteiger charge is 2.15. The van der Waals surface area contributed by atoms with Gasteiger partial charge in [-0.25, -0.2) is 14.6 Å². The number of rotatable bonds is 3. The first-order valence-corrected chi connectivity index (χ1v) is 9.24. The summed E-state index contributed by atoms with van der Waals surface area (Å²) in [6.45, 7) is 1.86. The first-order chi connectivity index (χ1) is 13.0. The number of nitrogens with zero attached hydrogens (tertiary/aromatic N) is 1. The lowest BCUT2D eigenvalue weighted by Crippen LogP contribution is -2.09. The molecule has 0 unspecified atom stereocenters. The van der Waals surface area contributed by atoms with Crippen molar-refractivity contribution in [1.82, 2.24) is 4.98 Å². The normalized spacial score (nSPS) is 10.9. The van der Waals surface area contributed by atoms with E-state index >= 15 is 0 Å². The van der Waals surface area contributed by atoms with E-state index < -0.39 is 11.6 Å². The molecule has 0 N–H and O–H groups in total. The van der Waals surface area contributed by atoms with Gasteiger partial charge in [-0.1, -0.05) is 23.7 Å². The van der Waals surface area contributed by atoms with Crippen molar-refractivity contribution in [3.8, 4) is 16.3 Å². The molecule has 134 valence electrons. The number of aryl methyl sites for hydroxylation is 1. The molecule has 2 aromatic carbocycles. The number of hydrogen-bond acceptors (Lipinski definition) is 6. The molecule has 0 amide bonds. The molecule has 5 nitrogen and oxygen atoms in total. The van der Waals surface area contributed by atoms with Gasteiger partial charge in [0.1, 0.15) is 16.3 Å². The Hall–Kier alpha value is -2.96. The van der Waals surface area contributed by atoms with Crippen LogP contribution in [-0.4, -0.2) is 11.0 Å². The summed E-state index contributed by atoms with van der Waals surface area (Å²) in [4.78, 5) is 28.9. The Bertz CT molecular complexity index is 1230. The molecule has 0 radical (unpaired) electrons. The molecule has 2 heterocycles. The van der Waals surface area contributed by atoms with Crippen molar-refractivity contribution in [1.29, 1.82) is 0 Å². The Morgan fingerprint density at radius 3 is 2.74 bits per heavy atom. The summed E-state index contributed by atoms with van der Waals surface area (Å²) in [6.07, 6.45) is 0. The van der Waals surface area contributed by atoms with Gasteiger partial charge in [0.15, 0.2) is 0 Å². The molecule has 0 aliphatic rings. The summed E-state index contributed by atoms with van der Waals surface area (Å²) < 4.78 is 10.8. The van der Waals surface area contributed by atoms with Gasteiger partial charge in [-0.3, -0.25) is 0 Å². The van der Waals surface area contributed by atoms with Gasteiger partial charge in [-0.15, -0.1) is 11.3 Å². The number of ether oxygens (including phenoxy) is 1. The van der Waals surface area contributed by atoms with E-state index in [1.807, 2.05) is 12.3 Å². The predicted octanol–water partition coefficient (Wildman–Crippen LogP) is 5.10. The fourth-order valence-electron chi connectivity index (χ4n) is 2.57.